The first kappa shape index (κ1) is 13.4. The van der Waals surface area contributed by atoms with Crippen molar-refractivity contribution in [3.05, 3.63) is 35.5 Å². The Labute approximate surface area is 111 Å². The van der Waals surface area contributed by atoms with Crippen LogP contribution in [0.15, 0.2) is 22.7 Å². The quantitative estimate of drug-likeness (QED) is 0.855. The Morgan fingerprint density at radius 1 is 1.37 bits per heavy atom. The van der Waals surface area contributed by atoms with Crippen molar-refractivity contribution >= 4 is 0 Å². The molecule has 0 spiro atoms. The zero-order valence-electron chi connectivity index (χ0n) is 10.9. The fourth-order valence-electron chi connectivity index (χ4n) is 1.58. The molecule has 19 heavy (non-hydrogen) atoms. The molecular weight excluding hydrogens is 248 g/mol. The van der Waals surface area contributed by atoms with Gasteiger partial charge in [0, 0.05) is 12.0 Å². The van der Waals surface area contributed by atoms with Gasteiger partial charge in [-0.15, -0.1) is 0 Å². The summed E-state index contributed by atoms with van der Waals surface area (Å²) in [4.78, 5) is 4.14. The van der Waals surface area contributed by atoms with Crippen LogP contribution in [-0.4, -0.2) is 22.4 Å². The fourth-order valence-corrected chi connectivity index (χ4v) is 1.58. The number of hydrogen-bond donors (Lipinski definition) is 1. The first-order valence-electron chi connectivity index (χ1n) is 5.98. The third kappa shape index (κ3) is 3.23. The highest BCUT2D eigenvalue weighted by Crippen LogP contribution is 2.24. The normalized spacial score (nSPS) is 10.5. The second-order valence-corrected chi connectivity index (χ2v) is 3.88. The van der Waals surface area contributed by atoms with Crippen molar-refractivity contribution in [3.8, 4) is 11.5 Å². The van der Waals surface area contributed by atoms with E-state index in [0.29, 0.717) is 35.2 Å². The summed E-state index contributed by atoms with van der Waals surface area (Å²) >= 11 is 0. The molecule has 102 valence electrons. The van der Waals surface area contributed by atoms with Crippen molar-refractivity contribution in [1.82, 2.24) is 10.1 Å². The molecule has 6 nitrogen and oxygen atoms in total. The minimum atomic E-state index is -0.128. The van der Waals surface area contributed by atoms with Crippen LogP contribution in [-0.2, 0) is 19.6 Å². The van der Waals surface area contributed by atoms with Gasteiger partial charge in [-0.1, -0.05) is 12.1 Å². The molecule has 0 aliphatic carbocycles. The van der Waals surface area contributed by atoms with E-state index in [4.69, 9.17) is 14.0 Å². The van der Waals surface area contributed by atoms with E-state index in [0.717, 1.165) is 0 Å². The van der Waals surface area contributed by atoms with Gasteiger partial charge in [0.25, 0.3) is 5.89 Å². The number of methoxy groups -OCH3 is 1. The van der Waals surface area contributed by atoms with Crippen LogP contribution in [0, 0.1) is 0 Å². The molecular formula is C13H16N2O4. The molecule has 0 amide bonds. The standard InChI is InChI=1S/C13H16N2O4/c1-3-12-14-13(19-15-12)8-18-11-5-4-10(17-2)6-9(11)7-16/h4-6,16H,3,7-8H2,1-2H3. The Hall–Kier alpha value is -2.08. The Morgan fingerprint density at radius 2 is 2.21 bits per heavy atom. The maximum atomic E-state index is 9.29. The Bertz CT molecular complexity index is 539. The molecule has 0 saturated heterocycles. The van der Waals surface area contributed by atoms with Crippen LogP contribution >= 0.6 is 0 Å². The van der Waals surface area contributed by atoms with Crippen molar-refractivity contribution in [2.45, 2.75) is 26.6 Å². The summed E-state index contributed by atoms with van der Waals surface area (Å²) < 4.78 is 15.7. The number of aromatic nitrogens is 2. The van der Waals surface area contributed by atoms with E-state index in [1.165, 1.54) is 0 Å². The SMILES string of the molecule is CCc1noc(COc2ccc(OC)cc2CO)n1. The predicted octanol–water partition coefficient (Wildman–Crippen LogP) is 1.71. The van der Waals surface area contributed by atoms with Crippen LogP contribution in [0.25, 0.3) is 0 Å². The Kier molecular flexibility index (Phi) is 4.35. The lowest BCUT2D eigenvalue weighted by molar-refractivity contribution is 0.228. The van der Waals surface area contributed by atoms with Crippen LogP contribution in [0.1, 0.15) is 24.2 Å². The highest BCUT2D eigenvalue weighted by atomic mass is 16.5. The summed E-state index contributed by atoms with van der Waals surface area (Å²) in [6.07, 6.45) is 0.716. The lowest BCUT2D eigenvalue weighted by atomic mass is 10.2. The Balaban J connectivity index is 2.06. The van der Waals surface area contributed by atoms with Gasteiger partial charge in [-0.25, -0.2) is 0 Å². The number of aliphatic hydroxyl groups excluding tert-OH is 1. The minimum absolute atomic E-state index is 0.128. The molecule has 1 aromatic carbocycles. The molecule has 0 unspecified atom stereocenters. The first-order valence-corrected chi connectivity index (χ1v) is 5.98. The second-order valence-electron chi connectivity index (χ2n) is 3.88. The predicted molar refractivity (Wildman–Crippen MR) is 66.9 cm³/mol. The third-order valence-electron chi connectivity index (χ3n) is 2.62. The van der Waals surface area contributed by atoms with E-state index in [1.807, 2.05) is 6.92 Å². The van der Waals surface area contributed by atoms with Gasteiger partial charge in [-0.05, 0) is 18.2 Å². The maximum Gasteiger partial charge on any atom is 0.264 e. The molecule has 6 heteroatoms. The van der Waals surface area contributed by atoms with Gasteiger partial charge in [0.05, 0.1) is 13.7 Å². The van der Waals surface area contributed by atoms with E-state index in [9.17, 15) is 5.11 Å². The van der Waals surface area contributed by atoms with Gasteiger partial charge in [-0.3, -0.25) is 0 Å². The average Bonchev–Trinajstić information content (AvgIpc) is 2.92. The molecule has 0 saturated carbocycles. The van der Waals surface area contributed by atoms with Crippen LogP contribution in [0.3, 0.4) is 0 Å². The molecule has 0 bridgehead atoms. The number of aryl methyl sites for hydroxylation is 1. The molecule has 2 aromatic rings. The highest BCUT2D eigenvalue weighted by Gasteiger charge is 2.09. The summed E-state index contributed by atoms with van der Waals surface area (Å²) in [5.74, 6) is 2.30. The molecule has 0 atom stereocenters. The maximum absolute atomic E-state index is 9.29. The minimum Gasteiger partial charge on any atom is -0.497 e. The van der Waals surface area contributed by atoms with E-state index < -0.39 is 0 Å². The average molecular weight is 264 g/mol. The van der Waals surface area contributed by atoms with Crippen molar-refractivity contribution in [3.63, 3.8) is 0 Å². The lowest BCUT2D eigenvalue weighted by Gasteiger charge is -2.09. The van der Waals surface area contributed by atoms with Gasteiger partial charge < -0.3 is 19.1 Å². The van der Waals surface area contributed by atoms with E-state index in [2.05, 4.69) is 10.1 Å². The van der Waals surface area contributed by atoms with Gasteiger partial charge in [0.15, 0.2) is 12.4 Å². The highest BCUT2D eigenvalue weighted by molar-refractivity contribution is 5.39. The van der Waals surface area contributed by atoms with Crippen molar-refractivity contribution in [1.29, 1.82) is 0 Å². The molecule has 0 aliphatic rings. The number of nitrogens with zero attached hydrogens (tertiary/aromatic N) is 2. The van der Waals surface area contributed by atoms with Gasteiger partial charge in [0.2, 0.25) is 0 Å². The summed E-state index contributed by atoms with van der Waals surface area (Å²) in [6, 6.07) is 5.22. The summed E-state index contributed by atoms with van der Waals surface area (Å²) in [7, 11) is 1.57. The van der Waals surface area contributed by atoms with Crippen LogP contribution in [0.5, 0.6) is 11.5 Å². The van der Waals surface area contributed by atoms with Gasteiger partial charge >= 0.3 is 0 Å². The zero-order valence-corrected chi connectivity index (χ0v) is 10.9. The second kappa shape index (κ2) is 6.19. The van der Waals surface area contributed by atoms with Gasteiger partial charge in [0.1, 0.15) is 11.5 Å². The third-order valence-corrected chi connectivity index (χ3v) is 2.62. The monoisotopic (exact) mass is 264 g/mol. The van der Waals surface area contributed by atoms with Crippen molar-refractivity contribution in [2.24, 2.45) is 0 Å². The van der Waals surface area contributed by atoms with Crippen LogP contribution < -0.4 is 9.47 Å². The molecule has 1 N–H and O–H groups in total. The van der Waals surface area contributed by atoms with E-state index in [1.54, 1.807) is 25.3 Å². The van der Waals surface area contributed by atoms with Crippen LogP contribution in [0.4, 0.5) is 0 Å². The number of rotatable bonds is 6. The van der Waals surface area contributed by atoms with Crippen molar-refractivity contribution in [2.75, 3.05) is 7.11 Å². The molecule has 0 radical (unpaired) electrons. The lowest BCUT2D eigenvalue weighted by Crippen LogP contribution is -2.00. The topological polar surface area (TPSA) is 77.6 Å². The van der Waals surface area contributed by atoms with E-state index in [-0.39, 0.29) is 13.2 Å². The summed E-state index contributed by atoms with van der Waals surface area (Å²) in [5.41, 5.74) is 0.648. The zero-order chi connectivity index (χ0) is 13.7. The number of ether oxygens (including phenoxy) is 2. The van der Waals surface area contributed by atoms with Crippen LogP contribution in [0.2, 0.25) is 0 Å². The Morgan fingerprint density at radius 3 is 2.84 bits per heavy atom. The van der Waals surface area contributed by atoms with Gasteiger partial charge in [-0.2, -0.15) is 4.98 Å². The smallest absolute Gasteiger partial charge is 0.264 e. The number of hydrogen-bond acceptors (Lipinski definition) is 6. The molecule has 1 aromatic heterocycles. The summed E-state index contributed by atoms with van der Waals surface area (Å²) in [5, 5.41) is 13.1. The molecule has 0 aliphatic heterocycles. The van der Waals surface area contributed by atoms with E-state index >= 15 is 0 Å². The largest absolute Gasteiger partial charge is 0.497 e. The number of benzene rings is 1. The molecule has 1 heterocycles. The van der Waals surface area contributed by atoms with Crippen molar-refractivity contribution < 1.29 is 19.1 Å². The number of aliphatic hydroxyl groups is 1. The molecule has 2 rings (SSSR count). The fraction of sp³-hybridized carbons (Fsp3) is 0.385. The molecule has 0 fully saturated rings. The first-order chi connectivity index (χ1) is 9.26. The summed E-state index contributed by atoms with van der Waals surface area (Å²) in [6.45, 7) is 1.99.